The van der Waals surface area contributed by atoms with Gasteiger partial charge in [0.15, 0.2) is 17.3 Å². The number of ketones is 1. The average molecular weight is 272 g/mol. The third-order valence-corrected chi connectivity index (χ3v) is 3.32. The van der Waals surface area contributed by atoms with Crippen LogP contribution < -0.4 is 9.47 Å². The molecule has 0 saturated heterocycles. The first-order chi connectivity index (χ1) is 9.79. The fourth-order valence-electron chi connectivity index (χ4n) is 2.28. The van der Waals surface area contributed by atoms with Crippen LogP contribution in [-0.4, -0.2) is 19.0 Å². The number of ether oxygens (including phenoxy) is 2. The molecule has 0 saturated carbocycles. The van der Waals surface area contributed by atoms with Crippen LogP contribution in [0.5, 0.6) is 11.5 Å². The lowest BCUT2D eigenvalue weighted by Gasteiger charge is -2.08. The Morgan fingerprint density at radius 3 is 2.75 bits per heavy atom. The molecule has 0 N–H and O–H groups in total. The average Bonchev–Trinajstić information content (AvgIpc) is 2.83. The van der Waals surface area contributed by atoms with Gasteiger partial charge in [-0.05, 0) is 24.3 Å². The molecule has 1 aliphatic heterocycles. The summed E-state index contributed by atoms with van der Waals surface area (Å²) < 4.78 is 16.5. The summed E-state index contributed by atoms with van der Waals surface area (Å²) in [4.78, 5) is 12.5. The van der Waals surface area contributed by atoms with Crippen LogP contribution in [0, 0.1) is 0 Å². The number of carbonyl (C=O) groups excluding carboxylic acids is 1. The van der Waals surface area contributed by atoms with Crippen LogP contribution in [0.2, 0.25) is 0 Å². The van der Waals surface area contributed by atoms with E-state index in [9.17, 15) is 4.79 Å². The smallest absolute Gasteiger partial charge is 0.196 e. The minimum Gasteiger partial charge on any atom is -0.490 e. The van der Waals surface area contributed by atoms with E-state index in [1.807, 2.05) is 6.92 Å². The molecule has 4 heteroatoms. The van der Waals surface area contributed by atoms with Crippen LogP contribution in [0.15, 0.2) is 34.9 Å². The van der Waals surface area contributed by atoms with Crippen molar-refractivity contribution in [2.75, 3.05) is 13.2 Å². The standard InChI is InChI=1S/C16H16O4/c1-2-13-12(6-9-20-13)16(17)11-4-5-14-15(10-11)19-8-3-7-18-14/h4-6,9-10H,2-3,7-8H2,1H3. The lowest BCUT2D eigenvalue weighted by Crippen LogP contribution is -2.03. The molecular formula is C16H16O4. The number of aryl methyl sites for hydroxylation is 1. The van der Waals surface area contributed by atoms with Crippen molar-refractivity contribution in [1.29, 1.82) is 0 Å². The van der Waals surface area contributed by atoms with Gasteiger partial charge in [-0.1, -0.05) is 6.92 Å². The third-order valence-electron chi connectivity index (χ3n) is 3.32. The zero-order chi connectivity index (χ0) is 13.9. The summed E-state index contributed by atoms with van der Waals surface area (Å²) in [6.07, 6.45) is 3.09. The molecule has 2 heterocycles. The normalized spacial score (nSPS) is 13.8. The molecule has 0 radical (unpaired) electrons. The quantitative estimate of drug-likeness (QED) is 0.805. The van der Waals surface area contributed by atoms with Crippen LogP contribution >= 0.6 is 0 Å². The first-order valence-electron chi connectivity index (χ1n) is 6.80. The Labute approximate surface area is 117 Å². The number of hydrogen-bond acceptors (Lipinski definition) is 4. The van der Waals surface area contributed by atoms with Crippen molar-refractivity contribution < 1.29 is 18.7 Å². The summed E-state index contributed by atoms with van der Waals surface area (Å²) in [5.74, 6) is 1.99. The van der Waals surface area contributed by atoms with Gasteiger partial charge in [-0.15, -0.1) is 0 Å². The van der Waals surface area contributed by atoms with E-state index in [-0.39, 0.29) is 5.78 Å². The highest BCUT2D eigenvalue weighted by atomic mass is 16.5. The van der Waals surface area contributed by atoms with E-state index < -0.39 is 0 Å². The van der Waals surface area contributed by atoms with E-state index in [0.29, 0.717) is 48.0 Å². The molecule has 20 heavy (non-hydrogen) atoms. The Hall–Kier alpha value is -2.23. The van der Waals surface area contributed by atoms with Crippen LogP contribution in [0.25, 0.3) is 0 Å². The lowest BCUT2D eigenvalue weighted by molar-refractivity contribution is 0.103. The van der Waals surface area contributed by atoms with Gasteiger partial charge in [0.2, 0.25) is 0 Å². The first kappa shape index (κ1) is 12.8. The minimum atomic E-state index is -0.0498. The molecule has 0 aliphatic carbocycles. The van der Waals surface area contributed by atoms with Crippen LogP contribution in [0.4, 0.5) is 0 Å². The number of hydrogen-bond donors (Lipinski definition) is 0. The van der Waals surface area contributed by atoms with Gasteiger partial charge < -0.3 is 13.9 Å². The maximum Gasteiger partial charge on any atom is 0.196 e. The van der Waals surface area contributed by atoms with Gasteiger partial charge in [0.1, 0.15) is 5.76 Å². The van der Waals surface area contributed by atoms with E-state index in [1.54, 1.807) is 30.5 Å². The predicted molar refractivity (Wildman–Crippen MR) is 73.6 cm³/mol. The molecule has 1 aromatic carbocycles. The van der Waals surface area contributed by atoms with Crippen LogP contribution in [0.3, 0.4) is 0 Å². The van der Waals surface area contributed by atoms with Gasteiger partial charge >= 0.3 is 0 Å². The molecule has 1 aromatic heterocycles. The Morgan fingerprint density at radius 1 is 1.15 bits per heavy atom. The number of benzene rings is 1. The zero-order valence-corrected chi connectivity index (χ0v) is 11.3. The summed E-state index contributed by atoms with van der Waals surface area (Å²) >= 11 is 0. The van der Waals surface area contributed by atoms with Gasteiger partial charge in [-0.3, -0.25) is 4.79 Å². The second-order valence-corrected chi connectivity index (χ2v) is 4.65. The third kappa shape index (κ3) is 2.29. The highest BCUT2D eigenvalue weighted by Crippen LogP contribution is 2.31. The Morgan fingerprint density at radius 2 is 1.95 bits per heavy atom. The summed E-state index contributed by atoms with van der Waals surface area (Å²) in [6.45, 7) is 3.21. The molecule has 0 fully saturated rings. The maximum atomic E-state index is 12.5. The van der Waals surface area contributed by atoms with Crippen molar-refractivity contribution in [2.24, 2.45) is 0 Å². The molecule has 2 aromatic rings. The van der Waals surface area contributed by atoms with E-state index in [0.717, 1.165) is 6.42 Å². The van der Waals surface area contributed by atoms with E-state index in [2.05, 4.69) is 0 Å². The molecule has 104 valence electrons. The van der Waals surface area contributed by atoms with Crippen LogP contribution in [-0.2, 0) is 6.42 Å². The maximum absolute atomic E-state index is 12.5. The molecule has 0 atom stereocenters. The van der Waals surface area contributed by atoms with Gasteiger partial charge in [-0.25, -0.2) is 0 Å². The summed E-state index contributed by atoms with van der Waals surface area (Å²) in [5, 5.41) is 0. The molecule has 1 aliphatic rings. The second-order valence-electron chi connectivity index (χ2n) is 4.65. The molecule has 3 rings (SSSR count). The zero-order valence-electron chi connectivity index (χ0n) is 11.3. The Bertz CT molecular complexity index is 627. The summed E-state index contributed by atoms with van der Waals surface area (Å²) in [6, 6.07) is 7.02. The number of rotatable bonds is 3. The molecular weight excluding hydrogens is 256 g/mol. The van der Waals surface area contributed by atoms with Crippen molar-refractivity contribution in [1.82, 2.24) is 0 Å². The van der Waals surface area contributed by atoms with Crippen molar-refractivity contribution in [3.8, 4) is 11.5 Å². The Balaban J connectivity index is 1.94. The number of fused-ring (bicyclic) bond motifs is 1. The fraction of sp³-hybridized carbons (Fsp3) is 0.312. The number of carbonyl (C=O) groups is 1. The fourth-order valence-corrected chi connectivity index (χ4v) is 2.28. The van der Waals surface area contributed by atoms with E-state index in [4.69, 9.17) is 13.9 Å². The number of furan rings is 1. The van der Waals surface area contributed by atoms with Gasteiger partial charge in [0, 0.05) is 18.4 Å². The molecule has 0 unspecified atom stereocenters. The van der Waals surface area contributed by atoms with Crippen molar-refractivity contribution in [3.63, 3.8) is 0 Å². The van der Waals surface area contributed by atoms with Crippen molar-refractivity contribution >= 4 is 5.78 Å². The summed E-state index contributed by atoms with van der Waals surface area (Å²) in [5.41, 5.74) is 1.20. The molecule has 0 amide bonds. The first-order valence-corrected chi connectivity index (χ1v) is 6.80. The molecule has 0 bridgehead atoms. The Kier molecular flexibility index (Phi) is 3.46. The SMILES string of the molecule is CCc1occc1C(=O)c1ccc2c(c1)OCCCO2. The van der Waals surface area contributed by atoms with Gasteiger partial charge in [0.25, 0.3) is 0 Å². The summed E-state index contributed by atoms with van der Waals surface area (Å²) in [7, 11) is 0. The van der Waals surface area contributed by atoms with Gasteiger partial charge in [-0.2, -0.15) is 0 Å². The van der Waals surface area contributed by atoms with Crippen LogP contribution in [0.1, 0.15) is 35.0 Å². The largest absolute Gasteiger partial charge is 0.490 e. The van der Waals surface area contributed by atoms with Crippen molar-refractivity contribution in [3.05, 3.63) is 47.4 Å². The van der Waals surface area contributed by atoms with Gasteiger partial charge in [0.05, 0.1) is 25.0 Å². The van der Waals surface area contributed by atoms with Crippen molar-refractivity contribution in [2.45, 2.75) is 19.8 Å². The topological polar surface area (TPSA) is 48.7 Å². The highest BCUT2D eigenvalue weighted by molar-refractivity contribution is 6.09. The highest BCUT2D eigenvalue weighted by Gasteiger charge is 2.18. The molecule has 4 nitrogen and oxygen atoms in total. The second kappa shape index (κ2) is 5.41. The lowest BCUT2D eigenvalue weighted by atomic mass is 10.0. The monoisotopic (exact) mass is 272 g/mol. The van der Waals surface area contributed by atoms with E-state index in [1.165, 1.54) is 0 Å². The minimum absolute atomic E-state index is 0.0498. The van der Waals surface area contributed by atoms with E-state index >= 15 is 0 Å². The molecule has 0 spiro atoms. The predicted octanol–water partition coefficient (Wildman–Crippen LogP) is 3.23.